The van der Waals surface area contributed by atoms with E-state index < -0.39 is 8.32 Å². The maximum absolute atomic E-state index is 10.2. The Hall–Kier alpha value is -0.713. The van der Waals surface area contributed by atoms with Gasteiger partial charge in [0.2, 0.25) is 8.32 Å². The molecule has 1 aliphatic rings. The van der Waals surface area contributed by atoms with Crippen LogP contribution in [0.5, 0.6) is 0 Å². The van der Waals surface area contributed by atoms with E-state index in [1.807, 2.05) is 12.3 Å². The fraction of sp³-hybridized carbons (Fsp3) is 0.737. The molecule has 0 bridgehead atoms. The summed E-state index contributed by atoms with van der Waals surface area (Å²) < 4.78 is 6.98. The molecular formula is C19H33NO2Si. The minimum atomic E-state index is -1.95. The molecule has 0 saturated carbocycles. The standard InChI is InChI=1S/C19H33NO2Si/c1-13(2)23(14(3)4,15(5)6)22-18-10-9-17(21)12-16-8-7-11-20-19(16)18/h7-8,11,13-15,17-18,21H,9-10,12H2,1-6H3/t17-,18-/m1/s1. The van der Waals surface area contributed by atoms with Crippen LogP contribution in [0.2, 0.25) is 16.6 Å². The Balaban J connectivity index is 2.40. The number of pyridine rings is 1. The number of aliphatic hydroxyl groups is 1. The molecule has 23 heavy (non-hydrogen) atoms. The van der Waals surface area contributed by atoms with Gasteiger partial charge in [-0.15, -0.1) is 0 Å². The molecular weight excluding hydrogens is 302 g/mol. The van der Waals surface area contributed by atoms with E-state index in [1.165, 1.54) is 0 Å². The monoisotopic (exact) mass is 335 g/mol. The summed E-state index contributed by atoms with van der Waals surface area (Å²) in [4.78, 5) is 4.64. The lowest BCUT2D eigenvalue weighted by atomic mass is 10.1. The summed E-state index contributed by atoms with van der Waals surface area (Å²) in [5.74, 6) is 0. The number of aromatic nitrogens is 1. The molecule has 0 aromatic carbocycles. The van der Waals surface area contributed by atoms with E-state index in [-0.39, 0.29) is 12.2 Å². The van der Waals surface area contributed by atoms with Crippen LogP contribution >= 0.6 is 0 Å². The third-order valence-electron chi connectivity index (χ3n) is 5.50. The number of rotatable bonds is 5. The first kappa shape index (κ1) is 18.6. The van der Waals surface area contributed by atoms with Crippen molar-refractivity contribution in [3.8, 4) is 0 Å². The van der Waals surface area contributed by atoms with E-state index >= 15 is 0 Å². The Kier molecular flexibility index (Phi) is 6.03. The van der Waals surface area contributed by atoms with E-state index in [2.05, 4.69) is 52.6 Å². The van der Waals surface area contributed by atoms with Crippen molar-refractivity contribution >= 4 is 8.32 Å². The van der Waals surface area contributed by atoms with Crippen molar-refractivity contribution in [2.75, 3.05) is 0 Å². The van der Waals surface area contributed by atoms with Gasteiger partial charge in [0.25, 0.3) is 0 Å². The lowest BCUT2D eigenvalue weighted by Crippen LogP contribution is -2.48. The topological polar surface area (TPSA) is 42.4 Å². The molecule has 1 aliphatic carbocycles. The van der Waals surface area contributed by atoms with Crippen molar-refractivity contribution in [2.45, 2.75) is 89.6 Å². The highest BCUT2D eigenvalue weighted by atomic mass is 28.4. The van der Waals surface area contributed by atoms with Crippen LogP contribution in [-0.2, 0) is 10.8 Å². The van der Waals surface area contributed by atoms with E-state index in [0.717, 1.165) is 24.1 Å². The zero-order valence-corrected chi connectivity index (χ0v) is 16.5. The molecule has 1 heterocycles. The summed E-state index contributed by atoms with van der Waals surface area (Å²) in [7, 11) is -1.95. The maximum Gasteiger partial charge on any atom is 0.201 e. The quantitative estimate of drug-likeness (QED) is 0.607. The van der Waals surface area contributed by atoms with Gasteiger partial charge in [-0.3, -0.25) is 4.98 Å². The van der Waals surface area contributed by atoms with Crippen LogP contribution in [0.4, 0.5) is 0 Å². The van der Waals surface area contributed by atoms with Crippen LogP contribution in [0.1, 0.15) is 71.7 Å². The van der Waals surface area contributed by atoms with Crippen molar-refractivity contribution in [3.05, 3.63) is 29.6 Å². The van der Waals surface area contributed by atoms with Crippen LogP contribution in [0.25, 0.3) is 0 Å². The fourth-order valence-electron chi connectivity index (χ4n) is 4.52. The second-order valence-corrected chi connectivity index (χ2v) is 13.3. The average Bonchev–Trinajstić information content (AvgIpc) is 2.62. The molecule has 0 unspecified atom stereocenters. The van der Waals surface area contributed by atoms with Crippen molar-refractivity contribution < 1.29 is 9.53 Å². The van der Waals surface area contributed by atoms with Crippen LogP contribution in [-0.4, -0.2) is 24.5 Å². The maximum atomic E-state index is 10.2. The van der Waals surface area contributed by atoms with Gasteiger partial charge in [-0.2, -0.15) is 0 Å². The molecule has 3 nitrogen and oxygen atoms in total. The summed E-state index contributed by atoms with van der Waals surface area (Å²) in [6.07, 6.45) is 3.96. The van der Waals surface area contributed by atoms with Gasteiger partial charge >= 0.3 is 0 Å². The number of fused-ring (bicyclic) bond motifs is 1. The van der Waals surface area contributed by atoms with Crippen molar-refractivity contribution in [1.29, 1.82) is 0 Å². The SMILES string of the molecule is CC(C)[Si](O[C@@H]1CC[C@@H](O)Cc2cccnc21)(C(C)C)C(C)C. The van der Waals surface area contributed by atoms with E-state index in [9.17, 15) is 5.11 Å². The Morgan fingerprint density at radius 3 is 2.26 bits per heavy atom. The predicted octanol–water partition coefficient (Wildman–Crippen LogP) is 5.01. The second-order valence-electron chi connectivity index (χ2n) is 7.91. The summed E-state index contributed by atoms with van der Waals surface area (Å²) >= 11 is 0. The summed E-state index contributed by atoms with van der Waals surface area (Å²) in [6, 6.07) is 4.06. The lowest BCUT2D eigenvalue weighted by molar-refractivity contribution is 0.125. The lowest BCUT2D eigenvalue weighted by Gasteiger charge is -2.44. The molecule has 0 spiro atoms. The summed E-state index contributed by atoms with van der Waals surface area (Å²) in [5, 5.41) is 10.2. The van der Waals surface area contributed by atoms with Crippen molar-refractivity contribution in [1.82, 2.24) is 4.98 Å². The van der Waals surface area contributed by atoms with Gasteiger partial charge in [-0.05, 0) is 41.1 Å². The van der Waals surface area contributed by atoms with Gasteiger partial charge in [-0.1, -0.05) is 47.6 Å². The molecule has 0 aliphatic heterocycles. The first-order chi connectivity index (χ1) is 10.8. The smallest absolute Gasteiger partial charge is 0.201 e. The van der Waals surface area contributed by atoms with Crippen LogP contribution in [0.3, 0.4) is 0 Å². The minimum absolute atomic E-state index is 0.0298. The minimum Gasteiger partial charge on any atom is -0.408 e. The Morgan fingerprint density at radius 2 is 1.70 bits per heavy atom. The van der Waals surface area contributed by atoms with Crippen LogP contribution in [0.15, 0.2) is 18.3 Å². The van der Waals surface area contributed by atoms with Crippen molar-refractivity contribution in [3.63, 3.8) is 0 Å². The first-order valence-corrected chi connectivity index (χ1v) is 11.2. The fourth-order valence-corrected chi connectivity index (χ4v) is 10.1. The zero-order valence-electron chi connectivity index (χ0n) is 15.5. The van der Waals surface area contributed by atoms with Gasteiger partial charge in [0.15, 0.2) is 0 Å². The van der Waals surface area contributed by atoms with E-state index in [0.29, 0.717) is 23.0 Å². The number of nitrogens with zero attached hydrogens (tertiary/aromatic N) is 1. The summed E-state index contributed by atoms with van der Waals surface area (Å²) in [5.41, 5.74) is 3.89. The van der Waals surface area contributed by atoms with E-state index in [4.69, 9.17) is 4.43 Å². The molecule has 2 atom stereocenters. The second kappa shape index (κ2) is 7.45. The number of hydrogen-bond donors (Lipinski definition) is 1. The predicted molar refractivity (Wildman–Crippen MR) is 98.1 cm³/mol. The Morgan fingerprint density at radius 1 is 1.09 bits per heavy atom. The molecule has 0 saturated heterocycles. The summed E-state index contributed by atoms with van der Waals surface area (Å²) in [6.45, 7) is 13.9. The molecule has 1 aromatic rings. The van der Waals surface area contributed by atoms with Gasteiger partial charge in [0.05, 0.1) is 17.9 Å². The van der Waals surface area contributed by atoms with E-state index in [1.54, 1.807) is 0 Å². The largest absolute Gasteiger partial charge is 0.408 e. The molecule has 0 radical (unpaired) electrons. The highest BCUT2D eigenvalue weighted by Crippen LogP contribution is 2.46. The van der Waals surface area contributed by atoms with Gasteiger partial charge in [-0.25, -0.2) is 0 Å². The number of aliphatic hydroxyl groups excluding tert-OH is 1. The Labute approximate surface area is 142 Å². The molecule has 4 heteroatoms. The third-order valence-corrected chi connectivity index (χ3v) is 11.6. The highest BCUT2D eigenvalue weighted by Gasteiger charge is 2.47. The molecule has 130 valence electrons. The molecule has 0 fully saturated rings. The van der Waals surface area contributed by atoms with Gasteiger partial charge in [0.1, 0.15) is 0 Å². The number of hydrogen-bond acceptors (Lipinski definition) is 3. The Bertz CT molecular complexity index is 494. The molecule has 2 rings (SSSR count). The first-order valence-electron chi connectivity index (χ1n) is 9.08. The third kappa shape index (κ3) is 3.70. The molecule has 1 aromatic heterocycles. The van der Waals surface area contributed by atoms with Crippen LogP contribution in [0, 0.1) is 0 Å². The normalized spacial score (nSPS) is 22.5. The van der Waals surface area contributed by atoms with Crippen molar-refractivity contribution in [2.24, 2.45) is 0 Å². The highest BCUT2D eigenvalue weighted by molar-refractivity contribution is 6.77. The molecule has 0 amide bonds. The van der Waals surface area contributed by atoms with Crippen LogP contribution < -0.4 is 0 Å². The molecule has 1 N–H and O–H groups in total. The zero-order chi connectivity index (χ0) is 17.2. The average molecular weight is 336 g/mol. The van der Waals surface area contributed by atoms with Gasteiger partial charge < -0.3 is 9.53 Å². The van der Waals surface area contributed by atoms with Gasteiger partial charge in [0, 0.05) is 12.6 Å².